The summed E-state index contributed by atoms with van der Waals surface area (Å²) < 4.78 is 15.3. The van der Waals surface area contributed by atoms with Gasteiger partial charge in [-0.2, -0.15) is 15.0 Å². The van der Waals surface area contributed by atoms with Crippen LogP contribution in [0, 0.1) is 19.7 Å². The van der Waals surface area contributed by atoms with Crippen molar-refractivity contribution >= 4 is 29.3 Å². The molecule has 7 nitrogen and oxygen atoms in total. The number of aromatic nitrogens is 5. The third kappa shape index (κ3) is 4.98. The quantitative estimate of drug-likeness (QED) is 0.545. The van der Waals surface area contributed by atoms with Crippen molar-refractivity contribution in [1.29, 1.82) is 0 Å². The first-order chi connectivity index (χ1) is 13.5. The normalized spacial score (nSPS) is 11.0. The molecule has 0 amide bonds. The third-order valence-electron chi connectivity index (χ3n) is 4.29. The van der Waals surface area contributed by atoms with Crippen molar-refractivity contribution in [2.45, 2.75) is 51.1 Å². The fourth-order valence-corrected chi connectivity index (χ4v) is 3.64. The van der Waals surface area contributed by atoms with E-state index in [1.165, 1.54) is 17.8 Å². The lowest BCUT2D eigenvalue weighted by Crippen LogP contribution is -2.07. The second-order valence-corrected chi connectivity index (χ2v) is 7.37. The van der Waals surface area contributed by atoms with Gasteiger partial charge < -0.3 is 15.6 Å². The minimum absolute atomic E-state index is 0.136. The summed E-state index contributed by atoms with van der Waals surface area (Å²) in [6.07, 6.45) is 2.23. The number of halogens is 1. The molecule has 2 aromatic heterocycles. The number of nitrogens with one attached hydrogen (secondary N) is 1. The van der Waals surface area contributed by atoms with Crippen LogP contribution in [0.2, 0.25) is 0 Å². The Morgan fingerprint density at radius 3 is 2.57 bits per heavy atom. The number of imidazole rings is 1. The molecule has 28 heavy (non-hydrogen) atoms. The van der Waals surface area contributed by atoms with E-state index in [0.717, 1.165) is 30.2 Å². The standard InChI is InChI=1S/C19H24FN7S/c1-4-5-10-27-13(3)12(2)22-19(27)28-11-16-24-17(21)26-18(25-16)23-15-8-6-14(20)7-9-15/h6-9H,4-5,10-11H2,1-3H3,(H3,21,23,24,25,26). The van der Waals surface area contributed by atoms with Crippen LogP contribution in [-0.4, -0.2) is 24.5 Å². The second-order valence-electron chi connectivity index (χ2n) is 6.42. The first-order valence-electron chi connectivity index (χ1n) is 9.15. The van der Waals surface area contributed by atoms with E-state index in [9.17, 15) is 4.39 Å². The van der Waals surface area contributed by atoms with Gasteiger partial charge in [-0.1, -0.05) is 25.1 Å². The lowest BCUT2D eigenvalue weighted by Gasteiger charge is -2.10. The Bertz CT molecular complexity index is 940. The van der Waals surface area contributed by atoms with Gasteiger partial charge in [0.15, 0.2) is 5.16 Å². The highest BCUT2D eigenvalue weighted by molar-refractivity contribution is 7.98. The van der Waals surface area contributed by atoms with E-state index in [2.05, 4.69) is 43.7 Å². The van der Waals surface area contributed by atoms with Gasteiger partial charge in [-0.05, 0) is 44.5 Å². The summed E-state index contributed by atoms with van der Waals surface area (Å²) >= 11 is 1.58. The van der Waals surface area contributed by atoms with E-state index in [1.54, 1.807) is 23.9 Å². The summed E-state index contributed by atoms with van der Waals surface area (Å²) in [4.78, 5) is 17.4. The van der Waals surface area contributed by atoms with Gasteiger partial charge in [0.1, 0.15) is 11.6 Å². The molecule has 1 aromatic carbocycles. The van der Waals surface area contributed by atoms with Crippen molar-refractivity contribution < 1.29 is 4.39 Å². The van der Waals surface area contributed by atoms with E-state index in [-0.39, 0.29) is 11.8 Å². The number of unbranched alkanes of at least 4 members (excludes halogenated alkanes) is 1. The van der Waals surface area contributed by atoms with Crippen LogP contribution in [0.25, 0.3) is 0 Å². The summed E-state index contributed by atoms with van der Waals surface area (Å²) in [7, 11) is 0. The topological polar surface area (TPSA) is 94.5 Å². The van der Waals surface area contributed by atoms with E-state index < -0.39 is 0 Å². The van der Waals surface area contributed by atoms with Crippen molar-refractivity contribution in [2.75, 3.05) is 11.1 Å². The lowest BCUT2D eigenvalue weighted by molar-refractivity contribution is 0.575. The molecule has 0 aliphatic rings. The molecular formula is C19H24FN7S. The summed E-state index contributed by atoms with van der Waals surface area (Å²) in [6, 6.07) is 5.95. The molecule has 0 aliphatic heterocycles. The van der Waals surface area contributed by atoms with Crippen molar-refractivity contribution in [2.24, 2.45) is 0 Å². The van der Waals surface area contributed by atoms with Gasteiger partial charge in [-0.3, -0.25) is 0 Å². The van der Waals surface area contributed by atoms with Crippen molar-refractivity contribution in [3.8, 4) is 0 Å². The maximum absolute atomic E-state index is 13.1. The molecular weight excluding hydrogens is 377 g/mol. The highest BCUT2D eigenvalue weighted by Crippen LogP contribution is 2.25. The molecule has 3 aromatic rings. The fourth-order valence-electron chi connectivity index (χ4n) is 2.66. The molecule has 0 bridgehead atoms. The maximum atomic E-state index is 13.1. The van der Waals surface area contributed by atoms with Gasteiger partial charge in [-0.25, -0.2) is 9.37 Å². The van der Waals surface area contributed by atoms with Crippen LogP contribution >= 0.6 is 11.8 Å². The number of thioether (sulfide) groups is 1. The average Bonchev–Trinajstić information content (AvgIpc) is 2.93. The van der Waals surface area contributed by atoms with E-state index in [1.807, 2.05) is 6.92 Å². The minimum Gasteiger partial charge on any atom is -0.368 e. The van der Waals surface area contributed by atoms with Crippen molar-refractivity contribution in [3.63, 3.8) is 0 Å². The largest absolute Gasteiger partial charge is 0.368 e. The van der Waals surface area contributed by atoms with Crippen LogP contribution in [-0.2, 0) is 12.3 Å². The molecule has 0 fully saturated rings. The average molecular weight is 402 g/mol. The van der Waals surface area contributed by atoms with Gasteiger partial charge in [0.25, 0.3) is 0 Å². The Morgan fingerprint density at radius 2 is 1.86 bits per heavy atom. The zero-order chi connectivity index (χ0) is 20.1. The summed E-state index contributed by atoms with van der Waals surface area (Å²) in [6.45, 7) is 7.23. The lowest BCUT2D eigenvalue weighted by atomic mass is 10.3. The number of aryl methyl sites for hydroxylation is 1. The Balaban J connectivity index is 1.74. The van der Waals surface area contributed by atoms with E-state index in [0.29, 0.717) is 23.2 Å². The molecule has 148 valence electrons. The molecule has 0 saturated heterocycles. The van der Waals surface area contributed by atoms with Crippen LogP contribution in [0.4, 0.5) is 22.0 Å². The zero-order valence-corrected chi connectivity index (χ0v) is 17.1. The molecule has 0 atom stereocenters. The van der Waals surface area contributed by atoms with Crippen LogP contribution in [0.1, 0.15) is 37.0 Å². The summed E-state index contributed by atoms with van der Waals surface area (Å²) in [5, 5.41) is 3.98. The monoisotopic (exact) mass is 401 g/mol. The Labute approximate surface area is 168 Å². The smallest absolute Gasteiger partial charge is 0.232 e. The van der Waals surface area contributed by atoms with Gasteiger partial charge in [0.05, 0.1) is 11.4 Å². The number of nitrogens with two attached hydrogens (primary N) is 1. The van der Waals surface area contributed by atoms with Crippen LogP contribution in [0.3, 0.4) is 0 Å². The molecule has 0 saturated carbocycles. The van der Waals surface area contributed by atoms with E-state index >= 15 is 0 Å². The summed E-state index contributed by atoms with van der Waals surface area (Å²) in [5.74, 6) is 1.24. The molecule has 3 N–H and O–H groups in total. The molecule has 2 heterocycles. The number of anilines is 3. The molecule has 0 spiro atoms. The number of nitrogen functional groups attached to an aromatic ring is 1. The van der Waals surface area contributed by atoms with E-state index in [4.69, 9.17) is 5.73 Å². The second kappa shape index (κ2) is 9.01. The minimum atomic E-state index is -0.304. The predicted octanol–water partition coefficient (Wildman–Crippen LogP) is 4.24. The Kier molecular flexibility index (Phi) is 6.45. The highest BCUT2D eigenvalue weighted by atomic mass is 32.2. The zero-order valence-electron chi connectivity index (χ0n) is 16.2. The predicted molar refractivity (Wildman–Crippen MR) is 110 cm³/mol. The molecule has 0 aliphatic carbocycles. The van der Waals surface area contributed by atoms with Gasteiger partial charge in [0.2, 0.25) is 11.9 Å². The van der Waals surface area contributed by atoms with Gasteiger partial charge >= 0.3 is 0 Å². The summed E-state index contributed by atoms with van der Waals surface area (Å²) in [5.41, 5.74) is 8.73. The Hall–Kier alpha value is -2.68. The maximum Gasteiger partial charge on any atom is 0.232 e. The van der Waals surface area contributed by atoms with Gasteiger partial charge in [0, 0.05) is 17.9 Å². The Morgan fingerprint density at radius 1 is 1.11 bits per heavy atom. The number of rotatable bonds is 8. The third-order valence-corrected chi connectivity index (χ3v) is 5.26. The molecule has 9 heteroatoms. The van der Waals surface area contributed by atoms with Crippen molar-refractivity contribution in [1.82, 2.24) is 24.5 Å². The SMILES string of the molecule is CCCCn1c(SCc2nc(N)nc(Nc3ccc(F)cc3)n2)nc(C)c1C. The highest BCUT2D eigenvalue weighted by Gasteiger charge is 2.13. The first kappa shape index (κ1) is 20.1. The molecule has 3 rings (SSSR count). The molecule has 0 unspecified atom stereocenters. The van der Waals surface area contributed by atoms with Crippen LogP contribution in [0.5, 0.6) is 0 Å². The van der Waals surface area contributed by atoms with Crippen molar-refractivity contribution in [3.05, 3.63) is 47.3 Å². The first-order valence-corrected chi connectivity index (χ1v) is 10.1. The number of nitrogens with zero attached hydrogens (tertiary/aromatic N) is 5. The number of hydrogen-bond donors (Lipinski definition) is 2. The van der Waals surface area contributed by atoms with Crippen LogP contribution < -0.4 is 11.1 Å². The number of benzene rings is 1. The van der Waals surface area contributed by atoms with Gasteiger partial charge in [-0.15, -0.1) is 0 Å². The number of hydrogen-bond acceptors (Lipinski definition) is 7. The molecule has 0 radical (unpaired) electrons. The van der Waals surface area contributed by atoms with Crippen LogP contribution in [0.15, 0.2) is 29.4 Å². The fraction of sp³-hybridized carbons (Fsp3) is 0.368.